The highest BCUT2D eigenvalue weighted by Gasteiger charge is 2.29. The molecule has 0 spiro atoms. The molecule has 0 saturated carbocycles. The summed E-state index contributed by atoms with van der Waals surface area (Å²) in [6.45, 7) is 7.37. The smallest absolute Gasteiger partial charge is 0.275 e. The second kappa shape index (κ2) is 7.89. The van der Waals surface area contributed by atoms with Crippen LogP contribution in [0.2, 0.25) is 0 Å². The molecule has 1 aromatic rings. The van der Waals surface area contributed by atoms with Crippen molar-refractivity contribution in [2.75, 3.05) is 26.2 Å². The van der Waals surface area contributed by atoms with Crippen molar-refractivity contribution in [3.63, 3.8) is 0 Å². The Balaban J connectivity index is 1.53. The summed E-state index contributed by atoms with van der Waals surface area (Å²) in [4.78, 5) is 28.9. The van der Waals surface area contributed by atoms with Crippen molar-refractivity contribution in [2.45, 2.75) is 51.9 Å². The van der Waals surface area contributed by atoms with Gasteiger partial charge in [-0.05, 0) is 53.4 Å². The molecule has 0 atom stereocenters. The van der Waals surface area contributed by atoms with Crippen LogP contribution in [0.25, 0.3) is 0 Å². The number of halogens is 1. The Kier molecular flexibility index (Phi) is 5.81. The van der Waals surface area contributed by atoms with E-state index in [2.05, 4.69) is 40.0 Å². The van der Waals surface area contributed by atoms with Crippen LogP contribution in [-0.2, 0) is 4.79 Å². The van der Waals surface area contributed by atoms with E-state index in [1.807, 2.05) is 9.80 Å². The molecule has 0 unspecified atom stereocenters. The minimum Gasteiger partial charge on any atom is -0.343 e. The van der Waals surface area contributed by atoms with Gasteiger partial charge in [0.15, 0.2) is 5.69 Å². The Hall–Kier alpha value is -1.37. The molecule has 2 fully saturated rings. The summed E-state index contributed by atoms with van der Waals surface area (Å²) in [7, 11) is 0. The van der Waals surface area contributed by atoms with E-state index in [1.54, 1.807) is 0 Å². The summed E-state index contributed by atoms with van der Waals surface area (Å²) < 4.78 is 0.777. The first-order chi connectivity index (χ1) is 12.0. The number of H-pyrrole nitrogens is 1. The third kappa shape index (κ3) is 4.07. The average Bonchev–Trinajstić information content (AvgIpc) is 3.24. The van der Waals surface area contributed by atoms with Gasteiger partial charge in [-0.3, -0.25) is 14.7 Å². The van der Waals surface area contributed by atoms with E-state index >= 15 is 0 Å². The molecule has 1 aromatic heterocycles. The third-order valence-corrected chi connectivity index (χ3v) is 6.14. The average molecular weight is 411 g/mol. The number of piperidine rings is 1. The maximum Gasteiger partial charge on any atom is 0.275 e. The number of likely N-dealkylation sites (tertiary alicyclic amines) is 2. The summed E-state index contributed by atoms with van der Waals surface area (Å²) in [5.74, 6) is 0.940. The monoisotopic (exact) mass is 410 g/mol. The standard InChI is InChI=1S/C18H27BrN4O2/c1-12(2)16-15(19)17(21-20-16)18(25)23-9-5-13(6-10-23)11-14(24)22-7-3-4-8-22/h12-13H,3-11H2,1-2H3,(H,20,21). The van der Waals surface area contributed by atoms with Crippen LogP contribution < -0.4 is 0 Å². The van der Waals surface area contributed by atoms with E-state index in [0.29, 0.717) is 37.0 Å². The molecule has 2 aliphatic heterocycles. The first-order valence-electron chi connectivity index (χ1n) is 9.28. The molecule has 2 aliphatic rings. The zero-order chi connectivity index (χ0) is 18.0. The lowest BCUT2D eigenvalue weighted by Gasteiger charge is -2.32. The normalized spacial score (nSPS) is 19.0. The van der Waals surface area contributed by atoms with Crippen molar-refractivity contribution in [1.29, 1.82) is 0 Å². The SMILES string of the molecule is CC(C)c1[nH]nc(C(=O)N2CCC(CC(=O)N3CCCC3)CC2)c1Br. The van der Waals surface area contributed by atoms with Crippen LogP contribution in [0, 0.1) is 5.92 Å². The minimum atomic E-state index is -0.0284. The van der Waals surface area contributed by atoms with Crippen molar-refractivity contribution in [2.24, 2.45) is 5.92 Å². The first-order valence-corrected chi connectivity index (χ1v) is 10.1. The van der Waals surface area contributed by atoms with Crippen LogP contribution >= 0.6 is 15.9 Å². The Morgan fingerprint density at radius 1 is 1.16 bits per heavy atom. The summed E-state index contributed by atoms with van der Waals surface area (Å²) in [6, 6.07) is 0. The molecule has 2 saturated heterocycles. The van der Waals surface area contributed by atoms with Gasteiger partial charge >= 0.3 is 0 Å². The zero-order valence-corrected chi connectivity index (χ0v) is 16.6. The van der Waals surface area contributed by atoms with Crippen molar-refractivity contribution in [3.05, 3.63) is 15.9 Å². The fourth-order valence-electron chi connectivity index (χ4n) is 3.70. The number of carbonyl (C=O) groups excluding carboxylic acids is 2. The quantitative estimate of drug-likeness (QED) is 0.828. The fraction of sp³-hybridized carbons (Fsp3) is 0.722. The van der Waals surface area contributed by atoms with Crippen molar-refractivity contribution >= 4 is 27.7 Å². The Morgan fingerprint density at radius 2 is 1.80 bits per heavy atom. The second-order valence-corrected chi connectivity index (χ2v) is 8.28. The Labute approximate surface area is 157 Å². The molecule has 0 bridgehead atoms. The van der Waals surface area contributed by atoms with Gasteiger partial charge in [0.25, 0.3) is 5.91 Å². The summed E-state index contributed by atoms with van der Waals surface area (Å²) in [5, 5.41) is 7.17. The van der Waals surface area contributed by atoms with Crippen molar-refractivity contribution in [3.8, 4) is 0 Å². The highest BCUT2D eigenvalue weighted by Crippen LogP contribution is 2.28. The van der Waals surface area contributed by atoms with Gasteiger partial charge in [-0.1, -0.05) is 13.8 Å². The lowest BCUT2D eigenvalue weighted by Crippen LogP contribution is -2.40. The topological polar surface area (TPSA) is 69.3 Å². The van der Waals surface area contributed by atoms with Gasteiger partial charge in [0.05, 0.1) is 10.2 Å². The number of aromatic nitrogens is 2. The second-order valence-electron chi connectivity index (χ2n) is 7.48. The van der Waals surface area contributed by atoms with Gasteiger partial charge in [-0.15, -0.1) is 0 Å². The van der Waals surface area contributed by atoms with Gasteiger partial charge in [-0.2, -0.15) is 5.10 Å². The molecule has 3 heterocycles. The molecular formula is C18H27BrN4O2. The number of nitrogens with one attached hydrogen (secondary N) is 1. The van der Waals surface area contributed by atoms with E-state index in [9.17, 15) is 9.59 Å². The van der Waals surface area contributed by atoms with Crippen LogP contribution in [0.4, 0.5) is 0 Å². The molecule has 7 heteroatoms. The molecule has 6 nitrogen and oxygen atoms in total. The Morgan fingerprint density at radius 3 is 2.36 bits per heavy atom. The maximum absolute atomic E-state index is 12.7. The first kappa shape index (κ1) is 18.4. The van der Waals surface area contributed by atoms with E-state index in [4.69, 9.17) is 0 Å². The molecule has 3 rings (SSSR count). The predicted molar refractivity (Wildman–Crippen MR) is 99.4 cm³/mol. The van der Waals surface area contributed by atoms with Crippen molar-refractivity contribution < 1.29 is 9.59 Å². The van der Waals surface area contributed by atoms with Gasteiger partial charge in [0.2, 0.25) is 5.91 Å². The van der Waals surface area contributed by atoms with Crippen LogP contribution in [-0.4, -0.2) is 58.0 Å². The van der Waals surface area contributed by atoms with Gasteiger partial charge in [0.1, 0.15) is 0 Å². The van der Waals surface area contributed by atoms with Gasteiger partial charge in [-0.25, -0.2) is 0 Å². The summed E-state index contributed by atoms with van der Waals surface area (Å²) in [5.41, 5.74) is 1.42. The number of amides is 2. The van der Waals surface area contributed by atoms with Crippen LogP contribution in [0.15, 0.2) is 4.47 Å². The van der Waals surface area contributed by atoms with Crippen LogP contribution in [0.3, 0.4) is 0 Å². The summed E-state index contributed by atoms with van der Waals surface area (Å²) >= 11 is 3.51. The van der Waals surface area contributed by atoms with Crippen LogP contribution in [0.1, 0.15) is 68.1 Å². The fourth-order valence-corrected chi connectivity index (χ4v) is 4.50. The number of hydrogen-bond acceptors (Lipinski definition) is 3. The number of carbonyl (C=O) groups is 2. The molecular weight excluding hydrogens is 384 g/mol. The third-order valence-electron chi connectivity index (χ3n) is 5.34. The highest BCUT2D eigenvalue weighted by atomic mass is 79.9. The zero-order valence-electron chi connectivity index (χ0n) is 15.1. The van der Waals surface area contributed by atoms with E-state index in [-0.39, 0.29) is 11.8 Å². The van der Waals surface area contributed by atoms with E-state index < -0.39 is 0 Å². The van der Waals surface area contributed by atoms with E-state index in [0.717, 1.165) is 48.9 Å². The van der Waals surface area contributed by atoms with Crippen molar-refractivity contribution in [1.82, 2.24) is 20.0 Å². The van der Waals surface area contributed by atoms with Gasteiger partial charge < -0.3 is 9.80 Å². The molecule has 0 aliphatic carbocycles. The largest absolute Gasteiger partial charge is 0.343 e. The molecule has 2 amide bonds. The lowest BCUT2D eigenvalue weighted by atomic mass is 9.93. The van der Waals surface area contributed by atoms with Crippen LogP contribution in [0.5, 0.6) is 0 Å². The molecule has 25 heavy (non-hydrogen) atoms. The maximum atomic E-state index is 12.7. The molecule has 0 aromatic carbocycles. The Bertz CT molecular complexity index is 629. The number of rotatable bonds is 4. The predicted octanol–water partition coefficient (Wildman–Crippen LogP) is 3.16. The number of aromatic amines is 1. The molecule has 138 valence electrons. The number of hydrogen-bond donors (Lipinski definition) is 1. The minimum absolute atomic E-state index is 0.0284. The highest BCUT2D eigenvalue weighted by molar-refractivity contribution is 9.10. The summed E-state index contributed by atoms with van der Waals surface area (Å²) in [6.07, 6.45) is 4.69. The number of nitrogens with zero attached hydrogens (tertiary/aromatic N) is 3. The molecule has 1 N–H and O–H groups in total. The van der Waals surface area contributed by atoms with E-state index in [1.165, 1.54) is 0 Å². The molecule has 0 radical (unpaired) electrons. The van der Waals surface area contributed by atoms with Gasteiger partial charge in [0, 0.05) is 32.6 Å². The lowest BCUT2D eigenvalue weighted by molar-refractivity contribution is -0.131.